The fourth-order valence-electron chi connectivity index (χ4n) is 2.81. The zero-order valence-corrected chi connectivity index (χ0v) is 12.9. The molecule has 5 nitrogen and oxygen atoms in total. The molecule has 1 unspecified atom stereocenters. The number of benzene rings is 2. The van der Waals surface area contributed by atoms with E-state index in [0.717, 1.165) is 11.3 Å². The van der Waals surface area contributed by atoms with Crippen molar-refractivity contribution in [3.05, 3.63) is 54.1 Å². The van der Waals surface area contributed by atoms with Crippen molar-refractivity contribution in [2.24, 2.45) is 0 Å². The minimum absolute atomic E-state index is 0.116. The number of carbonyl (C=O) groups excluding carboxylic acids is 1. The number of sulfonamides is 1. The van der Waals surface area contributed by atoms with Crippen LogP contribution < -0.4 is 9.62 Å². The molecule has 0 aliphatic carbocycles. The smallest absolute Gasteiger partial charge is 0.264 e. The van der Waals surface area contributed by atoms with Crippen LogP contribution in [0.2, 0.25) is 0 Å². The van der Waals surface area contributed by atoms with Crippen molar-refractivity contribution < 1.29 is 13.2 Å². The van der Waals surface area contributed by atoms with E-state index in [2.05, 4.69) is 5.32 Å². The maximum absolute atomic E-state index is 12.9. The summed E-state index contributed by atoms with van der Waals surface area (Å²) >= 11 is 0. The molecule has 1 N–H and O–H groups in total. The summed E-state index contributed by atoms with van der Waals surface area (Å²) in [6, 6.07) is 13.6. The fourth-order valence-corrected chi connectivity index (χ4v) is 4.50. The van der Waals surface area contributed by atoms with Gasteiger partial charge in [0.25, 0.3) is 10.0 Å². The molecule has 1 aliphatic heterocycles. The van der Waals surface area contributed by atoms with Gasteiger partial charge in [0.1, 0.15) is 0 Å². The highest BCUT2D eigenvalue weighted by molar-refractivity contribution is 7.92. The lowest BCUT2D eigenvalue weighted by Crippen LogP contribution is -2.35. The van der Waals surface area contributed by atoms with Crippen LogP contribution in [-0.2, 0) is 21.2 Å². The summed E-state index contributed by atoms with van der Waals surface area (Å²) in [4.78, 5) is 10.6. The topological polar surface area (TPSA) is 66.5 Å². The van der Waals surface area contributed by atoms with E-state index in [-0.39, 0.29) is 10.9 Å². The molecule has 1 heterocycles. The molecule has 22 heavy (non-hydrogen) atoms. The second-order valence-electron chi connectivity index (χ2n) is 5.27. The van der Waals surface area contributed by atoms with Crippen molar-refractivity contribution in [3.8, 4) is 0 Å². The molecule has 0 saturated carbocycles. The summed E-state index contributed by atoms with van der Waals surface area (Å²) in [5, 5.41) is 2.49. The van der Waals surface area contributed by atoms with E-state index >= 15 is 0 Å². The van der Waals surface area contributed by atoms with Crippen LogP contribution in [0.5, 0.6) is 0 Å². The highest BCUT2D eigenvalue weighted by atomic mass is 32.2. The molecular weight excluding hydrogens is 300 g/mol. The van der Waals surface area contributed by atoms with Gasteiger partial charge in [-0.05, 0) is 49.2 Å². The van der Waals surface area contributed by atoms with Crippen molar-refractivity contribution in [1.82, 2.24) is 0 Å². The molecule has 1 atom stereocenters. The van der Waals surface area contributed by atoms with E-state index in [9.17, 15) is 13.2 Å². The number of hydrogen-bond acceptors (Lipinski definition) is 3. The molecule has 1 aliphatic rings. The van der Waals surface area contributed by atoms with Crippen molar-refractivity contribution in [2.45, 2.75) is 24.3 Å². The van der Waals surface area contributed by atoms with Crippen molar-refractivity contribution in [2.75, 3.05) is 9.62 Å². The highest BCUT2D eigenvalue weighted by Crippen LogP contribution is 2.36. The van der Waals surface area contributed by atoms with E-state index in [1.165, 1.54) is 16.4 Å². The van der Waals surface area contributed by atoms with Gasteiger partial charge < -0.3 is 5.32 Å². The monoisotopic (exact) mass is 316 g/mol. The van der Waals surface area contributed by atoms with Gasteiger partial charge >= 0.3 is 0 Å². The number of hydrogen-bond donors (Lipinski definition) is 1. The summed E-state index contributed by atoms with van der Waals surface area (Å²) in [6.45, 7) is 1.90. The summed E-state index contributed by atoms with van der Waals surface area (Å²) in [6.07, 6.45) is 1.27. The van der Waals surface area contributed by atoms with Crippen LogP contribution in [0.1, 0.15) is 12.5 Å². The standard InChI is InChI=1S/C16H16N2O3S/c1-12-10-13-4-2-3-5-16(13)18(12)22(20,21)15-8-6-14(7-9-15)17-11-19/h2-9,11-12H,10H2,1H3,(H,17,19). The van der Waals surface area contributed by atoms with E-state index in [1.54, 1.807) is 12.1 Å². The third kappa shape index (κ3) is 2.35. The Morgan fingerprint density at radius 2 is 1.82 bits per heavy atom. The molecule has 0 saturated heterocycles. The zero-order chi connectivity index (χ0) is 15.7. The summed E-state index contributed by atoms with van der Waals surface area (Å²) in [5.41, 5.74) is 2.34. The number of amides is 1. The SMILES string of the molecule is CC1Cc2ccccc2N1S(=O)(=O)c1ccc(NC=O)cc1. The number of rotatable bonds is 4. The van der Waals surface area contributed by atoms with Crippen molar-refractivity contribution >= 4 is 27.8 Å². The molecule has 6 heteroatoms. The molecule has 0 radical (unpaired) electrons. The van der Waals surface area contributed by atoms with Crippen LogP contribution in [0.25, 0.3) is 0 Å². The first kappa shape index (κ1) is 14.6. The van der Waals surface area contributed by atoms with Gasteiger partial charge in [-0.2, -0.15) is 0 Å². The Bertz CT molecular complexity index is 800. The summed E-state index contributed by atoms with van der Waals surface area (Å²) in [5.74, 6) is 0. The first-order valence-corrected chi connectivity index (χ1v) is 8.40. The van der Waals surface area contributed by atoms with Crippen LogP contribution in [-0.4, -0.2) is 20.9 Å². The number of fused-ring (bicyclic) bond motifs is 1. The second-order valence-corrected chi connectivity index (χ2v) is 7.08. The molecule has 0 bridgehead atoms. The molecule has 3 rings (SSSR count). The average molecular weight is 316 g/mol. The van der Waals surface area contributed by atoms with Gasteiger partial charge in [-0.25, -0.2) is 8.42 Å². The Morgan fingerprint density at radius 3 is 2.50 bits per heavy atom. The molecule has 114 valence electrons. The molecule has 0 aromatic heterocycles. The largest absolute Gasteiger partial charge is 0.329 e. The van der Waals surface area contributed by atoms with Gasteiger partial charge in [0, 0.05) is 11.7 Å². The third-order valence-electron chi connectivity index (χ3n) is 3.78. The quantitative estimate of drug-likeness (QED) is 0.881. The van der Waals surface area contributed by atoms with Crippen LogP contribution in [0.15, 0.2) is 53.4 Å². The van der Waals surface area contributed by atoms with Gasteiger partial charge in [-0.15, -0.1) is 0 Å². The van der Waals surface area contributed by atoms with Crippen LogP contribution in [0.3, 0.4) is 0 Å². The predicted octanol–water partition coefficient (Wildman–Crippen LogP) is 2.39. The molecule has 1 amide bonds. The number of nitrogens with zero attached hydrogens (tertiary/aromatic N) is 1. The first-order chi connectivity index (χ1) is 10.5. The second kappa shape index (κ2) is 5.46. The van der Waals surface area contributed by atoms with Gasteiger partial charge in [-0.1, -0.05) is 18.2 Å². The summed E-state index contributed by atoms with van der Waals surface area (Å²) in [7, 11) is -3.62. The number of carbonyl (C=O) groups is 1. The number of para-hydroxylation sites is 1. The molecule has 2 aromatic rings. The van der Waals surface area contributed by atoms with Crippen LogP contribution >= 0.6 is 0 Å². The van der Waals surface area contributed by atoms with Gasteiger partial charge in [0.05, 0.1) is 10.6 Å². The lowest BCUT2D eigenvalue weighted by atomic mass is 10.1. The molecule has 2 aromatic carbocycles. The Labute approximate surface area is 129 Å². The van der Waals surface area contributed by atoms with E-state index in [4.69, 9.17) is 0 Å². The first-order valence-electron chi connectivity index (χ1n) is 6.96. The van der Waals surface area contributed by atoms with Crippen LogP contribution in [0, 0.1) is 0 Å². The third-order valence-corrected chi connectivity index (χ3v) is 5.72. The molecule has 0 fully saturated rings. The maximum atomic E-state index is 12.9. The lowest BCUT2D eigenvalue weighted by Gasteiger charge is -2.24. The average Bonchev–Trinajstić information content (AvgIpc) is 2.84. The van der Waals surface area contributed by atoms with Crippen molar-refractivity contribution in [1.29, 1.82) is 0 Å². The van der Waals surface area contributed by atoms with Gasteiger partial charge in [0.15, 0.2) is 0 Å². The van der Waals surface area contributed by atoms with Gasteiger partial charge in [-0.3, -0.25) is 9.10 Å². The minimum atomic E-state index is -3.62. The minimum Gasteiger partial charge on any atom is -0.329 e. The van der Waals surface area contributed by atoms with E-state index < -0.39 is 10.0 Å². The molecule has 0 spiro atoms. The maximum Gasteiger partial charge on any atom is 0.264 e. The Kier molecular flexibility index (Phi) is 3.62. The lowest BCUT2D eigenvalue weighted by molar-refractivity contribution is -0.105. The Hall–Kier alpha value is -2.34. The number of anilines is 2. The van der Waals surface area contributed by atoms with Crippen LogP contribution in [0.4, 0.5) is 11.4 Å². The van der Waals surface area contributed by atoms with E-state index in [1.807, 2.05) is 31.2 Å². The zero-order valence-electron chi connectivity index (χ0n) is 12.1. The summed E-state index contributed by atoms with van der Waals surface area (Å²) < 4.78 is 27.3. The Morgan fingerprint density at radius 1 is 1.14 bits per heavy atom. The fraction of sp³-hybridized carbons (Fsp3) is 0.188. The normalized spacial score (nSPS) is 17.1. The molecular formula is C16H16N2O3S. The number of nitrogens with one attached hydrogen (secondary N) is 1. The Balaban J connectivity index is 2.01. The van der Waals surface area contributed by atoms with Crippen molar-refractivity contribution in [3.63, 3.8) is 0 Å². The predicted molar refractivity (Wildman–Crippen MR) is 85.4 cm³/mol. The highest BCUT2D eigenvalue weighted by Gasteiger charge is 2.35. The van der Waals surface area contributed by atoms with Gasteiger partial charge in [0.2, 0.25) is 6.41 Å². The van der Waals surface area contributed by atoms with E-state index in [0.29, 0.717) is 18.5 Å².